The molecule has 0 spiro atoms. The van der Waals surface area contributed by atoms with Crippen molar-refractivity contribution in [2.45, 2.75) is 58.1 Å². The summed E-state index contributed by atoms with van der Waals surface area (Å²) >= 11 is 0. The van der Waals surface area contributed by atoms with Gasteiger partial charge in [0.2, 0.25) is 11.7 Å². The van der Waals surface area contributed by atoms with E-state index in [0.29, 0.717) is 37.5 Å². The van der Waals surface area contributed by atoms with Gasteiger partial charge in [0.1, 0.15) is 5.60 Å². The molecule has 6 nitrogen and oxygen atoms in total. The van der Waals surface area contributed by atoms with Crippen LogP contribution in [0.2, 0.25) is 0 Å². The number of ether oxygens (including phenoxy) is 2. The van der Waals surface area contributed by atoms with Crippen LogP contribution in [0.1, 0.15) is 58.2 Å². The van der Waals surface area contributed by atoms with Gasteiger partial charge in [-0.25, -0.2) is 0 Å². The van der Waals surface area contributed by atoms with E-state index in [1.165, 1.54) is 0 Å². The third-order valence-electron chi connectivity index (χ3n) is 4.14. The quantitative estimate of drug-likeness (QED) is 0.866. The molecule has 1 aliphatic heterocycles. The Morgan fingerprint density at radius 1 is 1.29 bits per heavy atom. The summed E-state index contributed by atoms with van der Waals surface area (Å²) < 4.78 is 16.9. The largest absolute Gasteiger partial charge is 0.381 e. The Bertz CT molecular complexity index is 426. The van der Waals surface area contributed by atoms with Gasteiger partial charge in [-0.05, 0) is 19.8 Å². The first kappa shape index (κ1) is 16.4. The molecular formula is C15H27N3O3. The predicted octanol–water partition coefficient (Wildman–Crippen LogP) is 2.20. The van der Waals surface area contributed by atoms with E-state index >= 15 is 0 Å². The van der Waals surface area contributed by atoms with Crippen molar-refractivity contribution in [3.05, 3.63) is 11.7 Å². The maximum Gasteiger partial charge on any atom is 0.231 e. The first-order valence-corrected chi connectivity index (χ1v) is 7.81. The Hall–Kier alpha value is -0.980. The summed E-state index contributed by atoms with van der Waals surface area (Å²) in [7, 11) is 0. The lowest BCUT2D eigenvalue weighted by Crippen LogP contribution is -2.38. The SMILES string of the molecule is CCOC1(c2noc(C(C(C)C)C(C)N)n2)CCOCC1. The summed E-state index contributed by atoms with van der Waals surface area (Å²) in [5.74, 6) is 1.65. The van der Waals surface area contributed by atoms with E-state index in [4.69, 9.17) is 19.7 Å². The van der Waals surface area contributed by atoms with Gasteiger partial charge in [0, 0.05) is 38.7 Å². The first-order chi connectivity index (χ1) is 10.00. The summed E-state index contributed by atoms with van der Waals surface area (Å²) in [6, 6.07) is -0.0315. The van der Waals surface area contributed by atoms with Crippen LogP contribution in [0, 0.1) is 5.92 Å². The predicted molar refractivity (Wildman–Crippen MR) is 78.9 cm³/mol. The highest BCUT2D eigenvalue weighted by Gasteiger charge is 2.40. The van der Waals surface area contributed by atoms with E-state index in [9.17, 15) is 0 Å². The fourth-order valence-electron chi connectivity index (χ4n) is 3.08. The molecule has 2 unspecified atom stereocenters. The maximum atomic E-state index is 6.07. The molecule has 1 aromatic rings. The Balaban J connectivity index is 2.28. The molecular weight excluding hydrogens is 270 g/mol. The van der Waals surface area contributed by atoms with Crippen molar-refractivity contribution in [1.82, 2.24) is 10.1 Å². The van der Waals surface area contributed by atoms with Gasteiger partial charge in [-0.2, -0.15) is 4.98 Å². The molecule has 1 saturated heterocycles. The Morgan fingerprint density at radius 2 is 1.95 bits per heavy atom. The standard InChI is InChI=1S/C15H27N3O3/c1-5-20-15(6-8-19-9-7-15)14-17-13(21-18-14)12(10(2)3)11(4)16/h10-12H,5-9,16H2,1-4H3. The minimum Gasteiger partial charge on any atom is -0.381 e. The highest BCUT2D eigenvalue weighted by molar-refractivity contribution is 5.07. The normalized spacial score (nSPS) is 21.4. The van der Waals surface area contributed by atoms with Gasteiger partial charge in [-0.3, -0.25) is 0 Å². The van der Waals surface area contributed by atoms with Gasteiger partial charge in [0.25, 0.3) is 0 Å². The number of rotatable bonds is 6. The highest BCUT2D eigenvalue weighted by Crippen LogP contribution is 2.36. The van der Waals surface area contributed by atoms with Crippen molar-refractivity contribution in [2.24, 2.45) is 11.7 Å². The van der Waals surface area contributed by atoms with Crippen LogP contribution in [0.15, 0.2) is 4.52 Å². The molecule has 2 atom stereocenters. The molecule has 0 bridgehead atoms. The minimum absolute atomic E-state index is 0.0315. The van der Waals surface area contributed by atoms with Gasteiger partial charge in [0.05, 0.1) is 5.92 Å². The Labute approximate surface area is 126 Å². The molecule has 0 radical (unpaired) electrons. The van der Waals surface area contributed by atoms with Crippen molar-refractivity contribution in [2.75, 3.05) is 19.8 Å². The molecule has 0 saturated carbocycles. The second-order valence-corrected chi connectivity index (χ2v) is 6.12. The van der Waals surface area contributed by atoms with Crippen LogP contribution in [-0.2, 0) is 15.1 Å². The molecule has 2 heterocycles. The number of nitrogens with two attached hydrogens (primary N) is 1. The van der Waals surface area contributed by atoms with Crippen molar-refractivity contribution >= 4 is 0 Å². The summed E-state index contributed by atoms with van der Waals surface area (Å²) in [4.78, 5) is 4.63. The fraction of sp³-hybridized carbons (Fsp3) is 0.867. The average molecular weight is 297 g/mol. The lowest BCUT2D eigenvalue weighted by molar-refractivity contribution is -0.118. The lowest BCUT2D eigenvalue weighted by atomic mass is 9.89. The monoisotopic (exact) mass is 297 g/mol. The summed E-state index contributed by atoms with van der Waals surface area (Å²) in [5, 5.41) is 4.19. The van der Waals surface area contributed by atoms with Crippen LogP contribution in [0.25, 0.3) is 0 Å². The molecule has 1 aromatic heterocycles. The zero-order valence-electron chi connectivity index (χ0n) is 13.5. The molecule has 1 aliphatic rings. The maximum absolute atomic E-state index is 6.07. The summed E-state index contributed by atoms with van der Waals surface area (Å²) in [6.07, 6.45) is 1.51. The molecule has 0 aliphatic carbocycles. The van der Waals surface area contributed by atoms with E-state index in [2.05, 4.69) is 24.0 Å². The van der Waals surface area contributed by atoms with Gasteiger partial charge in [-0.1, -0.05) is 19.0 Å². The van der Waals surface area contributed by atoms with Crippen molar-refractivity contribution < 1.29 is 14.0 Å². The van der Waals surface area contributed by atoms with Gasteiger partial charge >= 0.3 is 0 Å². The molecule has 2 N–H and O–H groups in total. The smallest absolute Gasteiger partial charge is 0.231 e. The van der Waals surface area contributed by atoms with Gasteiger partial charge < -0.3 is 19.7 Å². The first-order valence-electron chi connectivity index (χ1n) is 7.81. The third kappa shape index (κ3) is 3.44. The van der Waals surface area contributed by atoms with E-state index in [1.807, 2.05) is 13.8 Å². The van der Waals surface area contributed by atoms with E-state index < -0.39 is 5.60 Å². The lowest BCUT2D eigenvalue weighted by Gasteiger charge is -2.33. The van der Waals surface area contributed by atoms with Crippen LogP contribution < -0.4 is 5.73 Å². The topological polar surface area (TPSA) is 83.4 Å². The van der Waals surface area contributed by atoms with E-state index in [-0.39, 0.29) is 12.0 Å². The number of nitrogens with zero attached hydrogens (tertiary/aromatic N) is 2. The van der Waals surface area contributed by atoms with Crippen molar-refractivity contribution in [1.29, 1.82) is 0 Å². The Kier molecular flexibility index (Phi) is 5.35. The van der Waals surface area contributed by atoms with Crippen LogP contribution >= 0.6 is 0 Å². The van der Waals surface area contributed by atoms with Gasteiger partial charge in [0.15, 0.2) is 0 Å². The van der Waals surface area contributed by atoms with Crippen LogP contribution in [-0.4, -0.2) is 36.0 Å². The molecule has 2 rings (SSSR count). The number of hydrogen-bond acceptors (Lipinski definition) is 6. The summed E-state index contributed by atoms with van der Waals surface area (Å²) in [6.45, 7) is 10.1. The second kappa shape index (κ2) is 6.85. The molecule has 21 heavy (non-hydrogen) atoms. The molecule has 0 amide bonds. The number of hydrogen-bond donors (Lipinski definition) is 1. The zero-order valence-corrected chi connectivity index (χ0v) is 13.5. The summed E-state index contributed by atoms with van der Waals surface area (Å²) in [5.41, 5.74) is 5.59. The van der Waals surface area contributed by atoms with Crippen molar-refractivity contribution in [3.63, 3.8) is 0 Å². The Morgan fingerprint density at radius 3 is 2.48 bits per heavy atom. The van der Waals surface area contributed by atoms with E-state index in [1.54, 1.807) is 0 Å². The van der Waals surface area contributed by atoms with E-state index in [0.717, 1.165) is 12.8 Å². The molecule has 6 heteroatoms. The van der Waals surface area contributed by atoms with Crippen LogP contribution in [0.5, 0.6) is 0 Å². The zero-order chi connectivity index (χ0) is 15.5. The molecule has 1 fully saturated rings. The third-order valence-corrected chi connectivity index (χ3v) is 4.14. The van der Waals surface area contributed by atoms with Crippen LogP contribution in [0.3, 0.4) is 0 Å². The molecule has 0 aromatic carbocycles. The molecule has 120 valence electrons. The average Bonchev–Trinajstić information content (AvgIpc) is 2.89. The van der Waals surface area contributed by atoms with Crippen molar-refractivity contribution in [3.8, 4) is 0 Å². The second-order valence-electron chi connectivity index (χ2n) is 6.12. The van der Waals surface area contributed by atoms with Gasteiger partial charge in [-0.15, -0.1) is 0 Å². The highest BCUT2D eigenvalue weighted by atomic mass is 16.5. The fourth-order valence-corrected chi connectivity index (χ4v) is 3.08. The van der Waals surface area contributed by atoms with Crippen LogP contribution in [0.4, 0.5) is 0 Å². The number of aromatic nitrogens is 2. The minimum atomic E-state index is -0.478.